The molecule has 1 aromatic carbocycles. The number of halogens is 1. The predicted octanol–water partition coefficient (Wildman–Crippen LogP) is 2.25. The van der Waals surface area contributed by atoms with Crippen molar-refractivity contribution in [2.45, 2.75) is 13.0 Å². The highest BCUT2D eigenvalue weighted by molar-refractivity contribution is 6.30. The summed E-state index contributed by atoms with van der Waals surface area (Å²) in [6.07, 6.45) is 0. The van der Waals surface area contributed by atoms with Gasteiger partial charge in [-0.3, -0.25) is 0 Å². The highest BCUT2D eigenvalue weighted by atomic mass is 35.5. The second-order valence-electron chi connectivity index (χ2n) is 3.10. The van der Waals surface area contributed by atoms with Gasteiger partial charge in [0.2, 0.25) is 0 Å². The fourth-order valence-corrected chi connectivity index (χ4v) is 1.19. The van der Waals surface area contributed by atoms with E-state index in [0.29, 0.717) is 5.02 Å². The number of carbonyl (C=O) groups is 1. The minimum absolute atomic E-state index is 0.545. The van der Waals surface area contributed by atoms with Crippen LogP contribution in [-0.2, 0) is 4.79 Å². The lowest BCUT2D eigenvalue weighted by Crippen LogP contribution is -2.35. The van der Waals surface area contributed by atoms with Gasteiger partial charge in [-0.15, -0.1) is 0 Å². The van der Waals surface area contributed by atoms with Gasteiger partial charge in [-0.1, -0.05) is 11.6 Å². The lowest BCUT2D eigenvalue weighted by Gasteiger charge is -2.23. The van der Waals surface area contributed by atoms with E-state index in [1.54, 1.807) is 43.1 Å². The molecule has 1 aromatic rings. The van der Waals surface area contributed by atoms with Crippen molar-refractivity contribution in [3.63, 3.8) is 0 Å². The van der Waals surface area contributed by atoms with E-state index >= 15 is 0 Å². The molecule has 1 unspecified atom stereocenters. The summed E-state index contributed by atoms with van der Waals surface area (Å²) in [7, 11) is 1.74. The van der Waals surface area contributed by atoms with E-state index in [2.05, 4.69) is 0 Å². The van der Waals surface area contributed by atoms with Gasteiger partial charge < -0.3 is 10.0 Å². The van der Waals surface area contributed by atoms with Gasteiger partial charge in [-0.05, 0) is 31.2 Å². The second kappa shape index (κ2) is 4.33. The third-order valence-corrected chi connectivity index (χ3v) is 2.42. The number of hydrogen-bond acceptors (Lipinski definition) is 2. The minimum Gasteiger partial charge on any atom is -0.480 e. The number of rotatable bonds is 3. The van der Waals surface area contributed by atoms with Crippen molar-refractivity contribution >= 4 is 23.3 Å². The van der Waals surface area contributed by atoms with E-state index in [9.17, 15) is 4.79 Å². The highest BCUT2D eigenvalue weighted by Crippen LogP contribution is 2.18. The number of hydrogen-bond donors (Lipinski definition) is 1. The van der Waals surface area contributed by atoms with E-state index in [-0.39, 0.29) is 0 Å². The lowest BCUT2D eigenvalue weighted by atomic mass is 10.2. The molecule has 0 aliphatic carbocycles. The molecule has 76 valence electrons. The van der Waals surface area contributed by atoms with Crippen LogP contribution in [0.2, 0.25) is 5.02 Å². The maximum atomic E-state index is 10.7. The monoisotopic (exact) mass is 213 g/mol. The average Bonchev–Trinajstić information content (AvgIpc) is 2.16. The molecule has 0 saturated carbocycles. The van der Waals surface area contributed by atoms with Crippen LogP contribution < -0.4 is 4.90 Å². The van der Waals surface area contributed by atoms with Crippen LogP contribution in [0.15, 0.2) is 24.3 Å². The molecule has 3 nitrogen and oxygen atoms in total. The number of carboxylic acid groups (broad SMARTS) is 1. The van der Waals surface area contributed by atoms with Crippen LogP contribution in [0.3, 0.4) is 0 Å². The van der Waals surface area contributed by atoms with Crippen LogP contribution in [0.1, 0.15) is 6.92 Å². The summed E-state index contributed by atoms with van der Waals surface area (Å²) in [5, 5.41) is 9.44. The van der Waals surface area contributed by atoms with Crippen molar-refractivity contribution in [3.05, 3.63) is 29.3 Å². The Bertz CT molecular complexity index is 323. The van der Waals surface area contributed by atoms with Gasteiger partial charge in [0.1, 0.15) is 6.04 Å². The quantitative estimate of drug-likeness (QED) is 0.837. The van der Waals surface area contributed by atoms with Gasteiger partial charge >= 0.3 is 5.97 Å². The molecule has 4 heteroatoms. The molecule has 0 aliphatic rings. The van der Waals surface area contributed by atoms with Crippen LogP contribution in [-0.4, -0.2) is 24.2 Å². The Hall–Kier alpha value is -1.22. The molecule has 0 heterocycles. The number of nitrogens with zero attached hydrogens (tertiary/aromatic N) is 1. The summed E-state index contributed by atoms with van der Waals surface area (Å²) >= 11 is 5.72. The second-order valence-corrected chi connectivity index (χ2v) is 3.54. The van der Waals surface area contributed by atoms with E-state index in [4.69, 9.17) is 16.7 Å². The van der Waals surface area contributed by atoms with Crippen molar-refractivity contribution in [1.29, 1.82) is 0 Å². The van der Waals surface area contributed by atoms with Crippen LogP contribution in [0.5, 0.6) is 0 Å². The Morgan fingerprint density at radius 1 is 1.43 bits per heavy atom. The van der Waals surface area contributed by atoms with Crippen LogP contribution in [0, 0.1) is 0 Å². The normalized spacial score (nSPS) is 12.2. The van der Waals surface area contributed by atoms with E-state index in [1.165, 1.54) is 0 Å². The van der Waals surface area contributed by atoms with Gasteiger partial charge in [0.05, 0.1) is 0 Å². The third-order valence-electron chi connectivity index (χ3n) is 2.17. The highest BCUT2D eigenvalue weighted by Gasteiger charge is 2.16. The molecule has 1 atom stereocenters. The zero-order valence-corrected chi connectivity index (χ0v) is 8.82. The summed E-state index contributed by atoms with van der Waals surface area (Å²) in [6.45, 7) is 1.64. The van der Waals surface area contributed by atoms with Gasteiger partial charge in [0.25, 0.3) is 0 Å². The van der Waals surface area contributed by atoms with E-state index in [0.717, 1.165) is 5.69 Å². The summed E-state index contributed by atoms with van der Waals surface area (Å²) in [5.74, 6) is -0.845. The molecule has 0 aromatic heterocycles. The lowest BCUT2D eigenvalue weighted by molar-refractivity contribution is -0.138. The predicted molar refractivity (Wildman–Crippen MR) is 57.0 cm³/mol. The number of anilines is 1. The Morgan fingerprint density at radius 3 is 2.36 bits per heavy atom. The summed E-state index contributed by atoms with van der Waals surface area (Å²) in [4.78, 5) is 12.4. The first-order valence-corrected chi connectivity index (χ1v) is 4.61. The maximum absolute atomic E-state index is 10.7. The molecule has 1 rings (SSSR count). The molecule has 0 aliphatic heterocycles. The fourth-order valence-electron chi connectivity index (χ4n) is 1.07. The zero-order valence-electron chi connectivity index (χ0n) is 8.07. The number of carboxylic acids is 1. The molecule has 1 N–H and O–H groups in total. The smallest absolute Gasteiger partial charge is 0.326 e. The summed E-state index contributed by atoms with van der Waals surface area (Å²) < 4.78 is 0. The Labute approximate surface area is 87.9 Å². The van der Waals surface area contributed by atoms with Crippen molar-refractivity contribution in [2.24, 2.45) is 0 Å². The molecule has 0 saturated heterocycles. The maximum Gasteiger partial charge on any atom is 0.326 e. The molecule has 0 fully saturated rings. The molecule has 0 bridgehead atoms. The first kappa shape index (κ1) is 10.9. The van der Waals surface area contributed by atoms with Gasteiger partial charge in [0.15, 0.2) is 0 Å². The van der Waals surface area contributed by atoms with Crippen molar-refractivity contribution < 1.29 is 9.90 Å². The standard InChI is InChI=1S/C10H12ClNO2/c1-7(10(13)14)12(2)9-5-3-8(11)4-6-9/h3-7H,1-2H3,(H,13,14). The Balaban J connectivity index is 2.84. The third kappa shape index (κ3) is 2.39. The van der Waals surface area contributed by atoms with Gasteiger partial charge in [0, 0.05) is 17.8 Å². The summed E-state index contributed by atoms with van der Waals surface area (Å²) in [6, 6.07) is 6.52. The van der Waals surface area contributed by atoms with Crippen molar-refractivity contribution in [1.82, 2.24) is 0 Å². The first-order chi connectivity index (χ1) is 6.52. The zero-order chi connectivity index (χ0) is 10.7. The Kier molecular flexibility index (Phi) is 3.36. The van der Waals surface area contributed by atoms with E-state index < -0.39 is 12.0 Å². The summed E-state index contributed by atoms with van der Waals surface area (Å²) in [5.41, 5.74) is 0.837. The average molecular weight is 214 g/mol. The van der Waals surface area contributed by atoms with Crippen molar-refractivity contribution in [2.75, 3.05) is 11.9 Å². The number of benzene rings is 1. The number of aliphatic carboxylic acids is 1. The van der Waals surface area contributed by atoms with Gasteiger partial charge in [-0.25, -0.2) is 4.79 Å². The van der Waals surface area contributed by atoms with Gasteiger partial charge in [-0.2, -0.15) is 0 Å². The van der Waals surface area contributed by atoms with Crippen LogP contribution >= 0.6 is 11.6 Å². The first-order valence-electron chi connectivity index (χ1n) is 4.23. The molecule has 14 heavy (non-hydrogen) atoms. The largest absolute Gasteiger partial charge is 0.480 e. The number of likely N-dealkylation sites (N-methyl/N-ethyl adjacent to an activating group) is 1. The SMILES string of the molecule is CC(C(=O)O)N(C)c1ccc(Cl)cc1. The molecular formula is C10H12ClNO2. The molecule has 0 spiro atoms. The van der Waals surface area contributed by atoms with Crippen molar-refractivity contribution in [3.8, 4) is 0 Å². The topological polar surface area (TPSA) is 40.5 Å². The van der Waals surface area contributed by atoms with E-state index in [1.807, 2.05) is 0 Å². The molecular weight excluding hydrogens is 202 g/mol. The Morgan fingerprint density at radius 2 is 1.93 bits per heavy atom. The molecule has 0 amide bonds. The fraction of sp³-hybridized carbons (Fsp3) is 0.300. The van der Waals surface area contributed by atoms with Crippen LogP contribution in [0.25, 0.3) is 0 Å². The minimum atomic E-state index is -0.845. The van der Waals surface area contributed by atoms with Crippen LogP contribution in [0.4, 0.5) is 5.69 Å². The molecule has 0 radical (unpaired) electrons.